The maximum absolute atomic E-state index is 3.53. The zero-order valence-electron chi connectivity index (χ0n) is 8.65. The Hall–Kier alpha value is -0.300. The van der Waals surface area contributed by atoms with Crippen LogP contribution in [0.1, 0.15) is 30.3 Å². The van der Waals surface area contributed by atoms with E-state index in [2.05, 4.69) is 53.0 Å². The van der Waals surface area contributed by atoms with Gasteiger partial charge >= 0.3 is 0 Å². The Labute approximate surface area is 98.0 Å². The van der Waals surface area contributed by atoms with Gasteiger partial charge in [0.2, 0.25) is 0 Å². The van der Waals surface area contributed by atoms with Crippen molar-refractivity contribution in [1.29, 1.82) is 0 Å². The molecule has 0 aliphatic rings. The van der Waals surface area contributed by atoms with Crippen molar-refractivity contribution >= 4 is 27.3 Å². The van der Waals surface area contributed by atoms with Gasteiger partial charge in [-0.3, -0.25) is 5.32 Å². The van der Waals surface area contributed by atoms with E-state index >= 15 is 0 Å². The summed E-state index contributed by atoms with van der Waals surface area (Å²) < 4.78 is 1.22. The average Bonchev–Trinajstić information content (AvgIpc) is 2.47. The summed E-state index contributed by atoms with van der Waals surface area (Å²) in [7, 11) is 0. The highest BCUT2D eigenvalue weighted by atomic mass is 79.9. The van der Waals surface area contributed by atoms with Crippen molar-refractivity contribution < 1.29 is 0 Å². The molecule has 0 aromatic carbocycles. The molecule has 0 amide bonds. The number of aryl methyl sites for hydroxylation is 1. The maximum atomic E-state index is 3.53. The maximum Gasteiger partial charge on any atom is 0.0731 e. The molecule has 1 rings (SSSR count). The van der Waals surface area contributed by atoms with E-state index in [4.69, 9.17) is 0 Å². The van der Waals surface area contributed by atoms with Crippen molar-refractivity contribution in [3.63, 3.8) is 0 Å². The van der Waals surface area contributed by atoms with Gasteiger partial charge in [0.15, 0.2) is 0 Å². The molecule has 0 radical (unpaired) electrons. The molecule has 0 saturated heterocycles. The van der Waals surface area contributed by atoms with Gasteiger partial charge in [-0.05, 0) is 48.3 Å². The second-order valence-corrected chi connectivity index (χ2v) is 5.54. The predicted octanol–water partition coefficient (Wildman–Crippen LogP) is 3.49. The van der Waals surface area contributed by atoms with Gasteiger partial charge in [0, 0.05) is 10.9 Å². The molecule has 0 aliphatic heterocycles. The number of rotatable bonds is 3. The first-order chi connectivity index (χ1) is 6.65. The number of hydrogen-bond acceptors (Lipinski definition) is 2. The van der Waals surface area contributed by atoms with Crippen LogP contribution < -0.4 is 5.32 Å². The lowest BCUT2D eigenvalue weighted by Gasteiger charge is -2.08. The molecule has 0 bridgehead atoms. The second-order valence-electron chi connectivity index (χ2n) is 3.13. The fourth-order valence-electron chi connectivity index (χ4n) is 1.09. The van der Waals surface area contributed by atoms with Crippen molar-refractivity contribution in [1.82, 2.24) is 5.32 Å². The van der Waals surface area contributed by atoms with E-state index in [-0.39, 0.29) is 0 Å². The number of hydrogen-bond donors (Lipinski definition) is 1. The zero-order valence-corrected chi connectivity index (χ0v) is 11.1. The second kappa shape index (κ2) is 5.55. The molecule has 0 saturated carbocycles. The highest BCUT2D eigenvalue weighted by molar-refractivity contribution is 9.11. The van der Waals surface area contributed by atoms with Crippen molar-refractivity contribution in [2.75, 3.05) is 6.54 Å². The van der Waals surface area contributed by atoms with Crippen molar-refractivity contribution in [3.8, 4) is 11.8 Å². The minimum absolute atomic E-state index is 0.380. The standard InChI is InChI=1S/C11H14BrNS/c1-4-5-6-13-9(3)10-7-8(2)11(12)14-10/h7,9,13H,6H2,1-3H3. The van der Waals surface area contributed by atoms with E-state index in [0.717, 1.165) is 6.54 Å². The largest absolute Gasteiger partial charge is 0.299 e. The molecule has 1 nitrogen and oxygen atoms in total. The molecule has 0 aliphatic carbocycles. The molecule has 1 unspecified atom stereocenters. The van der Waals surface area contributed by atoms with Crippen LogP contribution in [0.25, 0.3) is 0 Å². The molecule has 1 N–H and O–H groups in total. The molecule has 0 spiro atoms. The summed E-state index contributed by atoms with van der Waals surface area (Å²) in [4.78, 5) is 1.35. The van der Waals surface area contributed by atoms with Crippen LogP contribution in [0, 0.1) is 18.8 Å². The van der Waals surface area contributed by atoms with Crippen LogP contribution >= 0.6 is 27.3 Å². The molecule has 3 heteroatoms. The van der Waals surface area contributed by atoms with Crippen LogP contribution in [0.5, 0.6) is 0 Å². The molecule has 0 fully saturated rings. The fourth-order valence-corrected chi connectivity index (χ4v) is 2.69. The van der Waals surface area contributed by atoms with Crippen molar-refractivity contribution in [2.45, 2.75) is 26.8 Å². The first-order valence-corrected chi connectivity index (χ1v) is 6.15. The normalized spacial score (nSPS) is 12.0. The smallest absolute Gasteiger partial charge is 0.0731 e. The molecule has 1 aromatic rings. The first kappa shape index (κ1) is 11.8. The number of halogens is 1. The van der Waals surface area contributed by atoms with Gasteiger partial charge in [-0.1, -0.05) is 5.92 Å². The third-order valence-corrected chi connectivity index (χ3v) is 4.30. The van der Waals surface area contributed by atoms with Gasteiger partial charge in [0.1, 0.15) is 0 Å². The molecule has 1 heterocycles. The van der Waals surface area contributed by atoms with E-state index in [0.29, 0.717) is 6.04 Å². The Morgan fingerprint density at radius 1 is 1.64 bits per heavy atom. The molecule has 76 valence electrons. The van der Waals surface area contributed by atoms with Crippen LogP contribution in [0.3, 0.4) is 0 Å². The monoisotopic (exact) mass is 271 g/mol. The summed E-state index contributed by atoms with van der Waals surface area (Å²) in [6.45, 7) is 6.89. The lowest BCUT2D eigenvalue weighted by Crippen LogP contribution is -2.17. The Bertz CT molecular complexity index is 340. The Morgan fingerprint density at radius 3 is 2.86 bits per heavy atom. The van der Waals surface area contributed by atoms with Crippen LogP contribution in [-0.4, -0.2) is 6.54 Å². The van der Waals surface area contributed by atoms with Gasteiger partial charge in [-0.15, -0.1) is 17.3 Å². The SMILES string of the molecule is CC#CCNC(C)c1cc(C)c(Br)s1. The summed E-state index contributed by atoms with van der Waals surface area (Å²) in [5.41, 5.74) is 1.31. The third kappa shape index (κ3) is 3.13. The van der Waals surface area contributed by atoms with Gasteiger partial charge in [-0.2, -0.15) is 0 Å². The Morgan fingerprint density at radius 2 is 2.36 bits per heavy atom. The van der Waals surface area contributed by atoms with E-state index in [9.17, 15) is 0 Å². The van der Waals surface area contributed by atoms with Crippen molar-refractivity contribution in [2.24, 2.45) is 0 Å². The molecule has 14 heavy (non-hydrogen) atoms. The molecule has 1 atom stereocenters. The first-order valence-electron chi connectivity index (χ1n) is 4.54. The highest BCUT2D eigenvalue weighted by Crippen LogP contribution is 2.30. The van der Waals surface area contributed by atoms with Gasteiger partial charge in [-0.25, -0.2) is 0 Å². The molecular formula is C11H14BrNS. The summed E-state index contributed by atoms with van der Waals surface area (Å²) in [5, 5.41) is 3.36. The van der Waals surface area contributed by atoms with Crippen LogP contribution in [0.15, 0.2) is 9.85 Å². The number of thiophene rings is 1. The Balaban J connectivity index is 2.58. The van der Waals surface area contributed by atoms with Crippen LogP contribution in [0.4, 0.5) is 0 Å². The van der Waals surface area contributed by atoms with E-state index in [1.807, 2.05) is 6.92 Å². The van der Waals surface area contributed by atoms with Crippen LogP contribution in [-0.2, 0) is 0 Å². The Kier molecular flexibility index (Phi) is 4.67. The van der Waals surface area contributed by atoms with Crippen molar-refractivity contribution in [3.05, 3.63) is 20.3 Å². The lowest BCUT2D eigenvalue weighted by molar-refractivity contribution is 0.633. The van der Waals surface area contributed by atoms with Gasteiger partial charge < -0.3 is 0 Å². The van der Waals surface area contributed by atoms with E-state index < -0.39 is 0 Å². The summed E-state index contributed by atoms with van der Waals surface area (Å²) in [6, 6.07) is 2.59. The number of nitrogens with one attached hydrogen (secondary N) is 1. The highest BCUT2D eigenvalue weighted by Gasteiger charge is 2.08. The van der Waals surface area contributed by atoms with Crippen LogP contribution in [0.2, 0.25) is 0 Å². The van der Waals surface area contributed by atoms with Gasteiger partial charge in [0.25, 0.3) is 0 Å². The topological polar surface area (TPSA) is 12.0 Å². The summed E-state index contributed by atoms with van der Waals surface area (Å²) in [6.07, 6.45) is 0. The quantitative estimate of drug-likeness (QED) is 0.830. The van der Waals surface area contributed by atoms with Gasteiger partial charge in [0.05, 0.1) is 10.3 Å². The third-order valence-electron chi connectivity index (χ3n) is 1.98. The lowest BCUT2D eigenvalue weighted by atomic mass is 10.2. The zero-order chi connectivity index (χ0) is 10.6. The van der Waals surface area contributed by atoms with E-state index in [1.165, 1.54) is 14.2 Å². The minimum Gasteiger partial charge on any atom is -0.299 e. The molecular weight excluding hydrogens is 258 g/mol. The minimum atomic E-state index is 0.380. The summed E-state index contributed by atoms with van der Waals surface area (Å²) in [5.74, 6) is 5.87. The fraction of sp³-hybridized carbons (Fsp3) is 0.455. The average molecular weight is 272 g/mol. The summed E-state index contributed by atoms with van der Waals surface area (Å²) >= 11 is 5.32. The molecule has 1 aromatic heterocycles. The predicted molar refractivity (Wildman–Crippen MR) is 66.6 cm³/mol. The van der Waals surface area contributed by atoms with E-state index in [1.54, 1.807) is 11.3 Å².